The minimum atomic E-state index is -5.05. The number of pyridine rings is 1. The molecule has 12 nitrogen and oxygen atoms in total. The highest BCUT2D eigenvalue weighted by molar-refractivity contribution is 6.00. The van der Waals surface area contributed by atoms with Gasteiger partial charge in [-0.25, -0.2) is 34.1 Å². The summed E-state index contributed by atoms with van der Waals surface area (Å²) in [7, 11) is 0. The lowest BCUT2D eigenvalue weighted by Gasteiger charge is -2.59. The molecule has 1 aliphatic heterocycles. The number of alkyl halides is 3. The number of rotatable bonds is 8. The Morgan fingerprint density at radius 2 is 1.62 bits per heavy atom. The third-order valence-electron chi connectivity index (χ3n) is 12.0. The maximum atomic E-state index is 14.8. The molecule has 2 N–H and O–H groups in total. The number of anilines is 1. The summed E-state index contributed by atoms with van der Waals surface area (Å²) in [4.78, 5) is 49.4. The average molecular weight is 757 g/mol. The number of aliphatic carboxylic acids is 1. The Morgan fingerprint density at radius 3 is 2.25 bits per heavy atom. The van der Waals surface area contributed by atoms with Crippen molar-refractivity contribution in [2.75, 3.05) is 18.0 Å². The molecule has 5 heterocycles. The van der Waals surface area contributed by atoms with Crippen LogP contribution >= 0.6 is 0 Å². The van der Waals surface area contributed by atoms with Gasteiger partial charge in [-0.3, -0.25) is 4.79 Å². The summed E-state index contributed by atoms with van der Waals surface area (Å²) in [5.74, 6) is -1.63. The second kappa shape index (κ2) is 13.3. The van der Waals surface area contributed by atoms with E-state index in [-0.39, 0.29) is 29.3 Å². The van der Waals surface area contributed by atoms with Crippen LogP contribution in [0.4, 0.5) is 23.5 Å². The lowest BCUT2D eigenvalue weighted by molar-refractivity contribution is -0.163. The Morgan fingerprint density at radius 1 is 0.909 bits per heavy atom. The molecule has 1 aromatic carbocycles. The largest absolute Gasteiger partial charge is 0.490 e. The summed E-state index contributed by atoms with van der Waals surface area (Å²) < 4.78 is 65.7. The van der Waals surface area contributed by atoms with Crippen molar-refractivity contribution in [1.82, 2.24) is 34.8 Å². The molecule has 10 rings (SSSR count). The van der Waals surface area contributed by atoms with Crippen LogP contribution in [0.3, 0.4) is 0 Å². The molecule has 4 aromatic heterocycles. The maximum absolute atomic E-state index is 14.8. The fourth-order valence-corrected chi connectivity index (χ4v) is 9.66. The number of amides is 1. The number of nitrogens with one attached hydrogen (secondary N) is 1. The Balaban J connectivity index is 1.03. The summed E-state index contributed by atoms with van der Waals surface area (Å²) in [6.45, 7) is 1.19. The molecule has 55 heavy (non-hydrogen) atoms. The number of hydrogen-bond donors (Lipinski definition) is 2. The molecule has 16 heteroatoms. The van der Waals surface area contributed by atoms with Gasteiger partial charge in [0.2, 0.25) is 5.95 Å². The van der Waals surface area contributed by atoms with Crippen LogP contribution in [0.5, 0.6) is 5.75 Å². The Kier molecular flexibility index (Phi) is 8.46. The average Bonchev–Trinajstić information content (AvgIpc) is 3.55. The molecule has 1 saturated heterocycles. The van der Waals surface area contributed by atoms with E-state index in [1.165, 1.54) is 0 Å². The van der Waals surface area contributed by atoms with Crippen LogP contribution in [0, 0.1) is 29.5 Å². The number of nitrogens with zero attached hydrogens (tertiary/aromatic N) is 7. The summed E-state index contributed by atoms with van der Waals surface area (Å²) in [6.07, 6.45) is 5.93. The molecule has 5 aliphatic rings. The van der Waals surface area contributed by atoms with Gasteiger partial charge in [-0.05, 0) is 80.0 Å². The number of benzene rings is 1. The van der Waals surface area contributed by atoms with E-state index in [1.54, 1.807) is 53.4 Å². The molecule has 4 bridgehead atoms. The van der Waals surface area contributed by atoms with Gasteiger partial charge in [-0.1, -0.05) is 6.07 Å². The van der Waals surface area contributed by atoms with Gasteiger partial charge >= 0.3 is 12.1 Å². The highest BCUT2D eigenvalue weighted by Gasteiger charge is 2.62. The normalized spacial score (nSPS) is 25.0. The van der Waals surface area contributed by atoms with Crippen molar-refractivity contribution in [3.63, 3.8) is 0 Å². The number of carbonyl (C=O) groups excluding carboxylic acids is 1. The molecule has 5 aromatic rings. The van der Waals surface area contributed by atoms with Gasteiger partial charge in [0.25, 0.3) is 5.91 Å². The molecule has 0 radical (unpaired) electrons. The van der Waals surface area contributed by atoms with Crippen molar-refractivity contribution in [3.05, 3.63) is 84.5 Å². The summed E-state index contributed by atoms with van der Waals surface area (Å²) in [5, 5.41) is 13.6. The van der Waals surface area contributed by atoms with Crippen LogP contribution in [0.2, 0.25) is 0 Å². The molecule has 284 valence electrons. The lowest BCUT2D eigenvalue weighted by atomic mass is 9.48. The minimum absolute atomic E-state index is 0.151. The van der Waals surface area contributed by atoms with Crippen molar-refractivity contribution >= 4 is 28.7 Å². The van der Waals surface area contributed by atoms with Gasteiger partial charge in [-0.2, -0.15) is 13.2 Å². The van der Waals surface area contributed by atoms with E-state index in [0.29, 0.717) is 91.9 Å². The second-order valence-corrected chi connectivity index (χ2v) is 15.2. The van der Waals surface area contributed by atoms with E-state index in [1.807, 2.05) is 4.90 Å². The van der Waals surface area contributed by atoms with Gasteiger partial charge in [0, 0.05) is 61.5 Å². The van der Waals surface area contributed by atoms with Crippen molar-refractivity contribution in [1.29, 1.82) is 0 Å². The molecule has 1 amide bonds. The molecule has 5 fully saturated rings. The maximum Gasteiger partial charge on any atom is 0.434 e. The number of carbonyl (C=O) groups is 2. The summed E-state index contributed by atoms with van der Waals surface area (Å²) >= 11 is 0. The topological polar surface area (TPSA) is 148 Å². The first-order valence-corrected chi connectivity index (χ1v) is 18.4. The fraction of sp³-hybridized carbons (Fsp3) is 0.410. The van der Waals surface area contributed by atoms with Gasteiger partial charge in [0.05, 0.1) is 23.5 Å². The zero-order valence-electron chi connectivity index (χ0n) is 29.4. The predicted octanol–water partition coefficient (Wildman–Crippen LogP) is 6.49. The third kappa shape index (κ3) is 6.20. The standard InChI is InChI=1S/C39H36F4N8O4/c40-25-17-46-37(47-18-25)50-9-6-26(7-10-50)55-27-4-5-28-30(20-51(31(28)16-27)32-3-1-2-8-44-32)34-45-19-29(33(48-34)39(41,42)43)35(52)49-38(36(53)54)23-12-21-11-22(14-23)15-24(38)13-21/h1-5,8,16-24,26H,6-7,9-15H2,(H,49,52)(H,53,54). The zero-order chi connectivity index (χ0) is 38.1. The third-order valence-corrected chi connectivity index (χ3v) is 12.0. The van der Waals surface area contributed by atoms with Gasteiger partial charge in [0.1, 0.15) is 23.2 Å². The molecule has 0 unspecified atom stereocenters. The van der Waals surface area contributed by atoms with E-state index < -0.39 is 40.7 Å². The van der Waals surface area contributed by atoms with E-state index in [4.69, 9.17) is 4.74 Å². The van der Waals surface area contributed by atoms with Crippen LogP contribution in [-0.4, -0.2) is 71.2 Å². The number of carboxylic acids is 1. The van der Waals surface area contributed by atoms with Crippen molar-refractivity contribution in [2.45, 2.75) is 62.8 Å². The van der Waals surface area contributed by atoms with E-state index >= 15 is 0 Å². The number of halogens is 4. The Hall–Kier alpha value is -5.67. The molecular weight excluding hydrogens is 720 g/mol. The Labute approximate surface area is 312 Å². The van der Waals surface area contributed by atoms with E-state index in [9.17, 15) is 32.3 Å². The van der Waals surface area contributed by atoms with Crippen LogP contribution in [-0.2, 0) is 11.0 Å². The van der Waals surface area contributed by atoms with Crippen LogP contribution in [0.25, 0.3) is 28.1 Å². The minimum Gasteiger partial charge on any atom is -0.490 e. The summed E-state index contributed by atoms with van der Waals surface area (Å²) in [5.41, 5.74) is -3.08. The number of ether oxygens (including phenoxy) is 1. The van der Waals surface area contributed by atoms with Gasteiger partial charge in [-0.15, -0.1) is 0 Å². The smallest absolute Gasteiger partial charge is 0.434 e. The fourth-order valence-electron chi connectivity index (χ4n) is 9.66. The van der Waals surface area contributed by atoms with Crippen LogP contribution < -0.4 is 15.0 Å². The van der Waals surface area contributed by atoms with Crippen molar-refractivity contribution in [3.8, 4) is 23.0 Å². The van der Waals surface area contributed by atoms with Crippen molar-refractivity contribution in [2.24, 2.45) is 23.7 Å². The van der Waals surface area contributed by atoms with Gasteiger partial charge < -0.3 is 24.6 Å². The number of aromatic nitrogens is 6. The van der Waals surface area contributed by atoms with E-state index in [0.717, 1.165) is 25.0 Å². The molecule has 4 aliphatic carbocycles. The van der Waals surface area contributed by atoms with Crippen LogP contribution in [0.15, 0.2) is 67.4 Å². The number of hydrogen-bond acceptors (Lipinski definition) is 9. The predicted molar refractivity (Wildman–Crippen MR) is 190 cm³/mol. The highest BCUT2D eigenvalue weighted by atomic mass is 19.4. The number of fused-ring (bicyclic) bond motifs is 1. The first kappa shape index (κ1) is 35.1. The summed E-state index contributed by atoms with van der Waals surface area (Å²) in [6, 6.07) is 10.5. The van der Waals surface area contributed by atoms with Gasteiger partial charge in [0.15, 0.2) is 17.3 Å². The number of carboxylic acid groups (broad SMARTS) is 1. The number of piperidine rings is 1. The zero-order valence-corrected chi connectivity index (χ0v) is 29.4. The molecular formula is C39H36F4N8O4. The monoisotopic (exact) mass is 756 g/mol. The van der Waals surface area contributed by atoms with Crippen LogP contribution in [0.1, 0.15) is 61.0 Å². The first-order valence-electron chi connectivity index (χ1n) is 18.4. The lowest BCUT2D eigenvalue weighted by Crippen LogP contribution is -2.70. The van der Waals surface area contributed by atoms with E-state index in [2.05, 4.69) is 30.2 Å². The van der Waals surface area contributed by atoms with Crippen molar-refractivity contribution < 1.29 is 37.0 Å². The molecule has 0 atom stereocenters. The second-order valence-electron chi connectivity index (χ2n) is 15.2. The highest BCUT2D eigenvalue weighted by Crippen LogP contribution is 2.58. The molecule has 4 saturated carbocycles. The molecule has 0 spiro atoms. The quantitative estimate of drug-likeness (QED) is 0.169. The first-order chi connectivity index (χ1) is 26.5. The Bertz CT molecular complexity index is 2250. The SMILES string of the molecule is O=C(NC1(C(=O)O)C2CC3CC(C2)CC1C3)c1cnc(-c2cn(-c3ccccn3)c3cc(OC4CCN(c5ncc(F)cn5)CC4)ccc23)nc1C(F)(F)F.